The number of carbonyl (C=O) groups is 4. The molecule has 0 heterocycles. The summed E-state index contributed by atoms with van der Waals surface area (Å²) in [4.78, 5) is 49.7. The van der Waals surface area contributed by atoms with Crippen LogP contribution in [0.15, 0.2) is 24.3 Å². The van der Waals surface area contributed by atoms with Crippen molar-refractivity contribution in [3.63, 3.8) is 0 Å². The van der Waals surface area contributed by atoms with Crippen molar-refractivity contribution in [2.45, 2.75) is 77.0 Å². The van der Waals surface area contributed by atoms with Crippen LogP contribution in [0.4, 0.5) is 0 Å². The van der Waals surface area contributed by atoms with Gasteiger partial charge in [-0.1, -0.05) is 32.4 Å². The van der Waals surface area contributed by atoms with Gasteiger partial charge in [0.05, 0.1) is 6.04 Å². The van der Waals surface area contributed by atoms with E-state index in [0.29, 0.717) is 31.4 Å². The maximum Gasteiger partial charge on any atom is 0.326 e. The lowest BCUT2D eigenvalue weighted by Gasteiger charge is -2.25. The summed E-state index contributed by atoms with van der Waals surface area (Å²) in [5.74, 6) is -3.01. The first-order chi connectivity index (χ1) is 16.5. The molecule has 0 aliphatic heterocycles. The largest absolute Gasteiger partial charge is 0.508 e. The van der Waals surface area contributed by atoms with Crippen LogP contribution in [0.2, 0.25) is 0 Å². The van der Waals surface area contributed by atoms with Crippen molar-refractivity contribution in [1.29, 1.82) is 0 Å². The van der Waals surface area contributed by atoms with Crippen LogP contribution < -0.4 is 27.4 Å². The maximum atomic E-state index is 13.0. The lowest BCUT2D eigenvalue weighted by Crippen LogP contribution is -2.57. The van der Waals surface area contributed by atoms with Crippen molar-refractivity contribution in [2.24, 2.45) is 17.4 Å². The minimum atomic E-state index is -1.18. The summed E-state index contributed by atoms with van der Waals surface area (Å²) in [6, 6.07) is 2.14. The van der Waals surface area contributed by atoms with Crippen LogP contribution in [-0.4, -0.2) is 64.6 Å². The molecule has 0 saturated heterocycles. The zero-order valence-corrected chi connectivity index (χ0v) is 20.6. The number of rotatable bonds is 15. The molecule has 196 valence electrons. The second kappa shape index (κ2) is 14.9. The fourth-order valence-corrected chi connectivity index (χ4v) is 3.28. The molecule has 0 aliphatic rings. The molecule has 1 rings (SSSR count). The minimum Gasteiger partial charge on any atom is -0.508 e. The SMILES string of the molecule is CCC(C)C(N)C(=O)NC(Cc1ccc(O)cc1)C(=O)NC(C)C(=O)NC(CCCCN)C(=O)O. The first-order valence-electron chi connectivity index (χ1n) is 11.9. The molecule has 1 aromatic rings. The standard InChI is InChI=1S/C24H39N5O6/c1-4-14(2)20(26)23(33)29-19(13-16-8-10-17(30)11-9-16)22(32)27-15(3)21(31)28-18(24(34)35)7-5-6-12-25/h8-11,14-15,18-20,30H,4-7,12-13,25-26H2,1-3H3,(H,27,32)(H,28,31)(H,29,33)(H,34,35). The van der Waals surface area contributed by atoms with E-state index in [2.05, 4.69) is 16.0 Å². The van der Waals surface area contributed by atoms with Crippen LogP contribution in [0.1, 0.15) is 52.0 Å². The third kappa shape index (κ3) is 10.3. The maximum absolute atomic E-state index is 13.0. The summed E-state index contributed by atoms with van der Waals surface area (Å²) in [5.41, 5.74) is 12.1. The smallest absolute Gasteiger partial charge is 0.326 e. The quantitative estimate of drug-likeness (QED) is 0.166. The first-order valence-corrected chi connectivity index (χ1v) is 11.9. The van der Waals surface area contributed by atoms with E-state index >= 15 is 0 Å². The number of phenols is 1. The van der Waals surface area contributed by atoms with E-state index in [1.165, 1.54) is 19.1 Å². The van der Waals surface area contributed by atoms with E-state index in [1.54, 1.807) is 12.1 Å². The van der Waals surface area contributed by atoms with Gasteiger partial charge in [0.2, 0.25) is 17.7 Å². The van der Waals surface area contributed by atoms with Crippen molar-refractivity contribution in [3.05, 3.63) is 29.8 Å². The number of amides is 3. The van der Waals surface area contributed by atoms with E-state index in [4.69, 9.17) is 11.5 Å². The Labute approximate surface area is 206 Å². The minimum absolute atomic E-state index is 0.0577. The Bertz CT molecular complexity index is 847. The summed E-state index contributed by atoms with van der Waals surface area (Å²) in [6.07, 6.45) is 2.15. The Balaban J connectivity index is 2.91. The van der Waals surface area contributed by atoms with Gasteiger partial charge in [-0.05, 0) is 56.3 Å². The molecule has 35 heavy (non-hydrogen) atoms. The third-order valence-electron chi connectivity index (χ3n) is 5.88. The normalized spacial score (nSPS) is 15.2. The van der Waals surface area contributed by atoms with Crippen LogP contribution in [0.5, 0.6) is 5.75 Å². The van der Waals surface area contributed by atoms with Crippen LogP contribution >= 0.6 is 0 Å². The van der Waals surface area contributed by atoms with Crippen molar-refractivity contribution in [1.82, 2.24) is 16.0 Å². The Hall–Kier alpha value is -3.18. The molecule has 0 radical (unpaired) electrons. The number of carboxylic acid groups (broad SMARTS) is 1. The fourth-order valence-electron chi connectivity index (χ4n) is 3.28. The van der Waals surface area contributed by atoms with E-state index in [-0.39, 0.29) is 24.5 Å². The number of nitrogens with one attached hydrogen (secondary N) is 3. The van der Waals surface area contributed by atoms with Crippen molar-refractivity contribution >= 4 is 23.7 Å². The van der Waals surface area contributed by atoms with Gasteiger partial charge in [0.15, 0.2) is 0 Å². The van der Waals surface area contributed by atoms with Crippen molar-refractivity contribution in [2.75, 3.05) is 6.54 Å². The van der Waals surface area contributed by atoms with Crippen LogP contribution in [-0.2, 0) is 25.6 Å². The number of carboxylic acids is 1. The molecule has 3 amide bonds. The molecular formula is C24H39N5O6. The summed E-state index contributed by atoms with van der Waals surface area (Å²) in [7, 11) is 0. The number of unbranched alkanes of at least 4 members (excludes halogenated alkanes) is 1. The number of aromatic hydroxyl groups is 1. The Morgan fingerprint density at radius 2 is 1.51 bits per heavy atom. The van der Waals surface area contributed by atoms with Crippen molar-refractivity contribution in [3.8, 4) is 5.75 Å². The van der Waals surface area contributed by atoms with E-state index in [0.717, 1.165) is 0 Å². The molecular weight excluding hydrogens is 454 g/mol. The van der Waals surface area contributed by atoms with Gasteiger partial charge < -0.3 is 37.6 Å². The molecule has 5 unspecified atom stereocenters. The van der Waals surface area contributed by atoms with E-state index in [9.17, 15) is 29.4 Å². The molecule has 0 saturated carbocycles. The second-order valence-corrected chi connectivity index (χ2v) is 8.76. The summed E-state index contributed by atoms with van der Waals surface area (Å²) < 4.78 is 0. The number of nitrogens with two attached hydrogens (primary N) is 2. The molecule has 0 fully saturated rings. The Morgan fingerprint density at radius 3 is 2.06 bits per heavy atom. The average Bonchev–Trinajstić information content (AvgIpc) is 2.82. The number of benzene rings is 1. The molecule has 0 bridgehead atoms. The van der Waals surface area contributed by atoms with Crippen LogP contribution in [0, 0.1) is 5.92 Å². The summed E-state index contributed by atoms with van der Waals surface area (Å²) in [6.45, 7) is 5.58. The molecule has 5 atom stereocenters. The first kappa shape index (κ1) is 29.9. The topological polar surface area (TPSA) is 197 Å². The van der Waals surface area contributed by atoms with Crippen LogP contribution in [0.25, 0.3) is 0 Å². The van der Waals surface area contributed by atoms with Crippen molar-refractivity contribution < 1.29 is 29.4 Å². The molecule has 9 N–H and O–H groups in total. The summed E-state index contributed by atoms with van der Waals surface area (Å²) >= 11 is 0. The highest BCUT2D eigenvalue weighted by atomic mass is 16.4. The lowest BCUT2D eigenvalue weighted by atomic mass is 9.98. The average molecular weight is 494 g/mol. The molecule has 11 nitrogen and oxygen atoms in total. The molecule has 0 spiro atoms. The highest BCUT2D eigenvalue weighted by molar-refractivity contribution is 5.94. The van der Waals surface area contributed by atoms with Gasteiger partial charge in [0.1, 0.15) is 23.9 Å². The number of carbonyl (C=O) groups excluding carboxylic acids is 3. The van der Waals surface area contributed by atoms with Gasteiger partial charge in [0.25, 0.3) is 0 Å². The zero-order chi connectivity index (χ0) is 26.5. The molecule has 1 aromatic carbocycles. The number of hydrogen-bond acceptors (Lipinski definition) is 7. The Morgan fingerprint density at radius 1 is 0.914 bits per heavy atom. The predicted molar refractivity (Wildman–Crippen MR) is 131 cm³/mol. The summed E-state index contributed by atoms with van der Waals surface area (Å²) in [5, 5.41) is 26.5. The second-order valence-electron chi connectivity index (χ2n) is 8.76. The fraction of sp³-hybridized carbons (Fsp3) is 0.583. The highest BCUT2D eigenvalue weighted by Gasteiger charge is 2.29. The number of phenolic OH excluding ortho intramolecular Hbond substituents is 1. The number of aliphatic carboxylic acids is 1. The van der Waals surface area contributed by atoms with E-state index in [1.807, 2.05) is 13.8 Å². The predicted octanol–water partition coefficient (Wildman–Crippen LogP) is -0.00400. The molecule has 0 aromatic heterocycles. The zero-order valence-electron chi connectivity index (χ0n) is 20.6. The molecule has 0 aliphatic carbocycles. The van der Waals surface area contributed by atoms with Gasteiger partial charge in [-0.2, -0.15) is 0 Å². The van der Waals surface area contributed by atoms with Gasteiger partial charge in [-0.25, -0.2) is 4.79 Å². The lowest BCUT2D eigenvalue weighted by molar-refractivity contribution is -0.142. The van der Waals surface area contributed by atoms with Gasteiger partial charge in [-0.3, -0.25) is 14.4 Å². The van der Waals surface area contributed by atoms with Crippen LogP contribution in [0.3, 0.4) is 0 Å². The monoisotopic (exact) mass is 493 g/mol. The highest BCUT2D eigenvalue weighted by Crippen LogP contribution is 2.12. The Kier molecular flexibility index (Phi) is 12.7. The van der Waals surface area contributed by atoms with E-state index < -0.39 is 47.9 Å². The van der Waals surface area contributed by atoms with Gasteiger partial charge >= 0.3 is 5.97 Å². The van der Waals surface area contributed by atoms with Gasteiger partial charge in [-0.15, -0.1) is 0 Å². The third-order valence-corrected chi connectivity index (χ3v) is 5.88. The molecule has 11 heteroatoms. The number of hydrogen-bond donors (Lipinski definition) is 7. The van der Waals surface area contributed by atoms with Gasteiger partial charge in [0, 0.05) is 6.42 Å².